The number of likely N-dealkylation sites (tertiary alicyclic amines) is 2. The maximum atomic E-state index is 2.55. The summed E-state index contributed by atoms with van der Waals surface area (Å²) >= 11 is 0. The molecule has 0 saturated carbocycles. The lowest BCUT2D eigenvalue weighted by molar-refractivity contribution is 0.119. The largest absolute Gasteiger partial charge is 0.306 e. The van der Waals surface area contributed by atoms with Gasteiger partial charge in [-0.05, 0) is 50.7 Å². The first-order valence-corrected chi connectivity index (χ1v) is 8.33. The average molecular weight is 271 g/mol. The molecule has 0 radical (unpaired) electrons. The molecule has 0 amide bonds. The van der Waals surface area contributed by atoms with Gasteiger partial charge >= 0.3 is 0 Å². The Morgan fingerprint density at radius 1 is 0.842 bits per heavy atom. The Hall–Kier alpha value is -0.0800. The quantitative estimate of drug-likeness (QED) is 0.657. The lowest BCUT2D eigenvalue weighted by atomic mass is 9.76. The molecule has 2 saturated heterocycles. The first-order valence-electron chi connectivity index (χ1n) is 8.33. The Bertz CT molecular complexity index is 225. The zero-order valence-corrected chi connectivity index (χ0v) is 14.8. The molecule has 2 aliphatic rings. The first kappa shape index (κ1) is 18.9. The lowest BCUT2D eigenvalue weighted by Crippen LogP contribution is -2.40. The van der Waals surface area contributed by atoms with Crippen LogP contribution in [0.4, 0.5) is 0 Å². The maximum absolute atomic E-state index is 2.55. The van der Waals surface area contributed by atoms with Gasteiger partial charge in [-0.2, -0.15) is 0 Å². The summed E-state index contributed by atoms with van der Waals surface area (Å²) in [4.78, 5) is 5.07. The van der Waals surface area contributed by atoms with Crippen molar-refractivity contribution < 1.29 is 0 Å². The van der Waals surface area contributed by atoms with E-state index in [4.69, 9.17) is 0 Å². The van der Waals surface area contributed by atoms with Crippen molar-refractivity contribution in [1.29, 1.82) is 0 Å². The second-order valence-corrected chi connectivity index (χ2v) is 6.64. The maximum Gasteiger partial charge on any atom is 0.00299 e. The summed E-state index contributed by atoms with van der Waals surface area (Å²) in [5, 5.41) is 0. The fraction of sp³-hybridized carbons (Fsp3) is 1.00. The van der Waals surface area contributed by atoms with Crippen LogP contribution in [-0.4, -0.2) is 50.1 Å². The zero-order valence-electron chi connectivity index (χ0n) is 14.8. The Balaban J connectivity index is 0.000000741. The van der Waals surface area contributed by atoms with Gasteiger partial charge < -0.3 is 9.80 Å². The van der Waals surface area contributed by atoms with E-state index >= 15 is 0 Å². The molecule has 0 aliphatic carbocycles. The molecule has 0 aromatic rings. The SMILES string of the molecule is CC.CC.CN1CCC2CN(C)CC(C)(C)CC2C1. The highest BCUT2D eigenvalue weighted by Gasteiger charge is 2.36. The van der Waals surface area contributed by atoms with Crippen LogP contribution < -0.4 is 0 Å². The van der Waals surface area contributed by atoms with Crippen molar-refractivity contribution >= 4 is 0 Å². The van der Waals surface area contributed by atoms with Crippen LogP contribution in [0.5, 0.6) is 0 Å². The van der Waals surface area contributed by atoms with Gasteiger partial charge in [0.15, 0.2) is 0 Å². The van der Waals surface area contributed by atoms with E-state index in [9.17, 15) is 0 Å². The third kappa shape index (κ3) is 6.27. The van der Waals surface area contributed by atoms with Crippen LogP contribution in [0.15, 0.2) is 0 Å². The van der Waals surface area contributed by atoms with E-state index in [0.717, 1.165) is 11.8 Å². The number of nitrogens with zero attached hydrogens (tertiary/aromatic N) is 2. The Labute approximate surface area is 122 Å². The average Bonchev–Trinajstić information content (AvgIpc) is 2.47. The summed E-state index contributed by atoms with van der Waals surface area (Å²) < 4.78 is 0. The molecule has 0 spiro atoms. The van der Waals surface area contributed by atoms with Gasteiger partial charge in [0.25, 0.3) is 0 Å². The van der Waals surface area contributed by atoms with E-state index in [0.29, 0.717) is 5.41 Å². The van der Waals surface area contributed by atoms with Gasteiger partial charge in [0.05, 0.1) is 0 Å². The molecule has 2 rings (SSSR count). The number of fused-ring (bicyclic) bond motifs is 1. The van der Waals surface area contributed by atoms with Crippen molar-refractivity contribution in [1.82, 2.24) is 9.80 Å². The number of hydrogen-bond acceptors (Lipinski definition) is 2. The molecular formula is C17H38N2. The van der Waals surface area contributed by atoms with E-state index in [2.05, 4.69) is 37.7 Å². The van der Waals surface area contributed by atoms with Crippen LogP contribution in [0.25, 0.3) is 0 Å². The zero-order chi connectivity index (χ0) is 15.1. The van der Waals surface area contributed by atoms with Gasteiger partial charge in [0.2, 0.25) is 0 Å². The highest BCUT2D eigenvalue weighted by molar-refractivity contribution is 4.89. The summed E-state index contributed by atoms with van der Waals surface area (Å²) in [6.07, 6.45) is 2.81. The van der Waals surface area contributed by atoms with Crippen LogP contribution in [0, 0.1) is 17.3 Å². The van der Waals surface area contributed by atoms with Crippen molar-refractivity contribution in [3.05, 3.63) is 0 Å². The van der Waals surface area contributed by atoms with E-state index < -0.39 is 0 Å². The highest BCUT2D eigenvalue weighted by Crippen LogP contribution is 2.37. The Morgan fingerprint density at radius 2 is 1.37 bits per heavy atom. The lowest BCUT2D eigenvalue weighted by Gasteiger charge is -2.37. The second-order valence-electron chi connectivity index (χ2n) is 6.64. The molecule has 2 nitrogen and oxygen atoms in total. The van der Waals surface area contributed by atoms with E-state index in [-0.39, 0.29) is 0 Å². The predicted molar refractivity (Wildman–Crippen MR) is 87.7 cm³/mol. The standard InChI is InChI=1S/C13H26N2.2C2H6/c1-13(2)7-12-9-14(3)6-5-11(12)8-15(4)10-13;2*1-2/h11-12H,5-10H2,1-4H3;2*1-2H3. The Morgan fingerprint density at radius 3 is 1.95 bits per heavy atom. The van der Waals surface area contributed by atoms with Gasteiger partial charge in [-0.3, -0.25) is 0 Å². The molecule has 2 aliphatic heterocycles. The van der Waals surface area contributed by atoms with Crippen LogP contribution in [0.1, 0.15) is 54.4 Å². The number of rotatable bonds is 0. The monoisotopic (exact) mass is 270 g/mol. The van der Waals surface area contributed by atoms with Crippen LogP contribution in [0.2, 0.25) is 0 Å². The molecule has 19 heavy (non-hydrogen) atoms. The number of piperidine rings is 1. The van der Waals surface area contributed by atoms with Gasteiger partial charge in [0.1, 0.15) is 0 Å². The summed E-state index contributed by atoms with van der Waals surface area (Å²) in [5.41, 5.74) is 0.506. The molecule has 0 aromatic carbocycles. The van der Waals surface area contributed by atoms with Gasteiger partial charge in [0, 0.05) is 19.6 Å². The van der Waals surface area contributed by atoms with Gasteiger partial charge in [-0.1, -0.05) is 41.5 Å². The van der Waals surface area contributed by atoms with E-state index in [1.165, 1.54) is 39.0 Å². The third-order valence-electron chi connectivity index (χ3n) is 4.15. The van der Waals surface area contributed by atoms with Crippen molar-refractivity contribution in [3.8, 4) is 0 Å². The minimum Gasteiger partial charge on any atom is -0.306 e. The Kier molecular flexibility index (Phi) is 8.93. The normalized spacial score (nSPS) is 30.9. The molecule has 2 unspecified atom stereocenters. The van der Waals surface area contributed by atoms with Crippen LogP contribution in [0.3, 0.4) is 0 Å². The fourth-order valence-electron chi connectivity index (χ4n) is 3.70. The third-order valence-corrected chi connectivity index (χ3v) is 4.15. The minimum atomic E-state index is 0.506. The summed E-state index contributed by atoms with van der Waals surface area (Å²) in [7, 11) is 4.57. The van der Waals surface area contributed by atoms with Crippen molar-refractivity contribution in [2.24, 2.45) is 17.3 Å². The van der Waals surface area contributed by atoms with E-state index in [1.54, 1.807) is 0 Å². The van der Waals surface area contributed by atoms with E-state index in [1.807, 2.05) is 27.7 Å². The highest BCUT2D eigenvalue weighted by atomic mass is 15.1. The number of hydrogen-bond donors (Lipinski definition) is 0. The summed E-state index contributed by atoms with van der Waals surface area (Å²) in [6, 6.07) is 0. The first-order chi connectivity index (χ1) is 8.96. The van der Waals surface area contributed by atoms with Crippen molar-refractivity contribution in [3.63, 3.8) is 0 Å². The molecule has 2 heteroatoms. The second kappa shape index (κ2) is 8.97. The van der Waals surface area contributed by atoms with Crippen molar-refractivity contribution in [2.75, 3.05) is 40.3 Å². The topological polar surface area (TPSA) is 6.48 Å². The molecule has 2 atom stereocenters. The molecule has 0 aromatic heterocycles. The molecule has 0 bridgehead atoms. The van der Waals surface area contributed by atoms with Crippen molar-refractivity contribution in [2.45, 2.75) is 54.4 Å². The smallest absolute Gasteiger partial charge is 0.00299 e. The fourth-order valence-corrected chi connectivity index (χ4v) is 3.70. The van der Waals surface area contributed by atoms with Gasteiger partial charge in [-0.25, -0.2) is 0 Å². The summed E-state index contributed by atoms with van der Waals surface area (Å²) in [5.74, 6) is 1.89. The predicted octanol–water partition coefficient (Wildman–Crippen LogP) is 3.97. The molecule has 2 heterocycles. The van der Waals surface area contributed by atoms with Gasteiger partial charge in [-0.15, -0.1) is 0 Å². The van der Waals surface area contributed by atoms with Crippen LogP contribution in [-0.2, 0) is 0 Å². The minimum absolute atomic E-state index is 0.506. The van der Waals surface area contributed by atoms with Crippen LogP contribution >= 0.6 is 0 Å². The molecular weight excluding hydrogens is 232 g/mol. The molecule has 2 fully saturated rings. The molecule has 116 valence electrons. The summed E-state index contributed by atoms with van der Waals surface area (Å²) in [6.45, 7) is 18.1. The molecule has 0 N–H and O–H groups in total.